The Bertz CT molecular complexity index is 831. The van der Waals surface area contributed by atoms with E-state index in [4.69, 9.17) is 48.1 Å². The molecule has 2 aromatic rings. The Labute approximate surface area is 189 Å². The molecule has 3 N–H and O–H groups in total. The minimum atomic E-state index is -1.08. The third kappa shape index (κ3) is 14.2. The van der Waals surface area contributed by atoms with E-state index in [0.29, 0.717) is 16.1 Å². The van der Waals surface area contributed by atoms with Crippen molar-refractivity contribution in [3.8, 4) is 5.75 Å². The normalized spacial score (nSPS) is 9.10. The smallest absolute Gasteiger partial charge is 0.592 e. The number of nitrogens with one attached hydrogen (secondary N) is 1. The Hall–Kier alpha value is -2.55. The monoisotopic (exact) mass is 492 g/mol. The molecule has 1 aromatic heterocycles. The van der Waals surface area contributed by atoms with Crippen molar-refractivity contribution in [3.05, 3.63) is 57.8 Å². The Kier molecular flexibility index (Phi) is 15.2. The molecule has 1 amide bonds. The van der Waals surface area contributed by atoms with Gasteiger partial charge in [-0.1, -0.05) is 23.2 Å². The molecule has 0 radical (unpaired) electrons. The van der Waals surface area contributed by atoms with Crippen LogP contribution in [-0.4, -0.2) is 34.2 Å². The predicted octanol–water partition coefficient (Wildman–Crippen LogP) is 0.100. The minimum Gasteiger partial charge on any atom is -0.592 e. The largest absolute Gasteiger partial charge is 2.00 e. The molecule has 0 saturated carbocycles. The number of hydrazone groups is 1. The van der Waals surface area contributed by atoms with Crippen LogP contribution in [0.5, 0.6) is 5.75 Å². The number of rotatable bonds is 3. The standard InChI is InChI=1S/C13H9Cl2N3O2.2C2H4O2.Zn/c14-10-5-9(12(19)11(15)6-10)7-17-18-13(20)8-1-3-16-4-2-8;2*1-2(3)4;/h1-7,19H,(H,18,20);2*1H3,(H,3,4);/q;;;+2/p-1/b17-7+;;;. The van der Waals surface area contributed by atoms with Gasteiger partial charge < -0.3 is 24.9 Å². The van der Waals surface area contributed by atoms with Crippen LogP contribution in [0.25, 0.3) is 0 Å². The molecule has 1 aromatic carbocycles. The van der Waals surface area contributed by atoms with Crippen LogP contribution in [0.2, 0.25) is 10.0 Å². The van der Waals surface area contributed by atoms with Gasteiger partial charge >= 0.3 is 19.5 Å². The maximum absolute atomic E-state index is 11.7. The maximum Gasteiger partial charge on any atom is 2.00 e. The summed E-state index contributed by atoms with van der Waals surface area (Å²) in [5.41, 5.74) is 3.20. The molecule has 2 rings (SSSR count). The third-order valence-electron chi connectivity index (χ3n) is 2.40. The van der Waals surface area contributed by atoms with Gasteiger partial charge in [-0.2, -0.15) is 5.10 Å². The molecule has 29 heavy (non-hydrogen) atoms. The predicted molar refractivity (Wildman–Crippen MR) is 100 cm³/mol. The fourth-order valence-electron chi connectivity index (χ4n) is 1.42. The van der Waals surface area contributed by atoms with Crippen molar-refractivity contribution in [2.45, 2.75) is 13.8 Å². The van der Waals surface area contributed by atoms with E-state index in [1.165, 1.54) is 30.7 Å². The number of halogens is 2. The number of aromatic nitrogens is 1. The first-order valence-electron chi connectivity index (χ1n) is 7.33. The first-order chi connectivity index (χ1) is 13.0. The van der Waals surface area contributed by atoms with Gasteiger partial charge in [-0.15, -0.1) is 0 Å². The Balaban J connectivity index is 0. The van der Waals surface area contributed by atoms with Crippen LogP contribution in [0.3, 0.4) is 0 Å². The van der Waals surface area contributed by atoms with Crippen molar-refractivity contribution < 1.29 is 49.2 Å². The van der Waals surface area contributed by atoms with Gasteiger partial charge in [0.15, 0.2) is 0 Å². The van der Waals surface area contributed by atoms with E-state index in [0.717, 1.165) is 13.8 Å². The first kappa shape index (κ1) is 28.7. The van der Waals surface area contributed by atoms with E-state index in [-0.39, 0.29) is 36.2 Å². The summed E-state index contributed by atoms with van der Waals surface area (Å²) in [6.45, 7) is 1.94. The molecule has 0 bridgehead atoms. The van der Waals surface area contributed by atoms with Crippen LogP contribution in [0.1, 0.15) is 29.8 Å². The number of hydrogen-bond donors (Lipinski definition) is 1. The zero-order chi connectivity index (χ0) is 21.7. The SMILES string of the molecule is CC(=O)[O-].CC(=O)[O-].O=C(N/N=C/c1cc(Cl)cc(Cl)c1[OH2+])c1ccncc1.[Zn+2]. The second kappa shape index (κ2) is 15.4. The molecular weight excluding hydrogens is 478 g/mol. The van der Waals surface area contributed by atoms with Crippen LogP contribution in [0, 0.1) is 0 Å². The second-order valence-electron chi connectivity index (χ2n) is 4.77. The topological polar surface area (TPSA) is 158 Å². The number of amides is 1. The number of aliphatic carboxylic acids is 2. The average Bonchev–Trinajstić information content (AvgIpc) is 2.58. The zero-order valence-electron chi connectivity index (χ0n) is 15.4. The number of nitrogens with zero attached hydrogens (tertiary/aromatic N) is 2. The van der Waals surface area contributed by atoms with Crippen LogP contribution >= 0.6 is 23.2 Å². The number of hydrogen-bond acceptors (Lipinski definition) is 7. The van der Waals surface area contributed by atoms with E-state index in [1.807, 2.05) is 0 Å². The molecule has 0 atom stereocenters. The summed E-state index contributed by atoms with van der Waals surface area (Å²) < 4.78 is 0. The molecule has 1 heterocycles. The zero-order valence-corrected chi connectivity index (χ0v) is 19.9. The first-order valence-corrected chi connectivity index (χ1v) is 8.09. The van der Waals surface area contributed by atoms with Gasteiger partial charge in [-0.25, -0.2) is 5.43 Å². The van der Waals surface area contributed by atoms with Crippen LogP contribution in [-0.2, 0) is 29.1 Å². The number of carbonyl (C=O) groups is 3. The number of carbonyl (C=O) groups excluding carboxylic acids is 3. The summed E-state index contributed by atoms with van der Waals surface area (Å²) in [5, 5.41) is 29.9. The number of pyridine rings is 1. The quantitative estimate of drug-likeness (QED) is 0.276. The Morgan fingerprint density at radius 2 is 1.59 bits per heavy atom. The van der Waals surface area contributed by atoms with E-state index in [1.54, 1.807) is 12.1 Å². The van der Waals surface area contributed by atoms with Crippen LogP contribution in [0.15, 0.2) is 41.8 Å². The Morgan fingerprint density at radius 1 is 1.10 bits per heavy atom. The van der Waals surface area contributed by atoms with Crippen LogP contribution < -0.4 is 15.6 Å². The summed E-state index contributed by atoms with van der Waals surface area (Å²) in [6.07, 6.45) is 4.34. The average molecular weight is 495 g/mol. The molecule has 0 fully saturated rings. The van der Waals surface area contributed by atoms with Crippen molar-refractivity contribution >= 4 is 47.3 Å². The van der Waals surface area contributed by atoms with Gasteiger partial charge in [-0.3, -0.25) is 9.78 Å². The summed E-state index contributed by atoms with van der Waals surface area (Å²) in [4.78, 5) is 33.3. The minimum absolute atomic E-state index is 0. The summed E-state index contributed by atoms with van der Waals surface area (Å²) >= 11 is 11.7. The summed E-state index contributed by atoms with van der Waals surface area (Å²) in [5.74, 6) is -2.44. The van der Waals surface area contributed by atoms with E-state index >= 15 is 0 Å². The third-order valence-corrected chi connectivity index (χ3v) is 2.91. The molecular formula is C17H16Cl2N3O6Zn+. The van der Waals surface area contributed by atoms with E-state index < -0.39 is 11.9 Å². The van der Waals surface area contributed by atoms with Crippen LogP contribution in [0.4, 0.5) is 0 Å². The van der Waals surface area contributed by atoms with E-state index in [9.17, 15) is 4.79 Å². The van der Waals surface area contributed by atoms with Crippen molar-refractivity contribution in [2.24, 2.45) is 5.10 Å². The molecule has 0 aliphatic rings. The number of benzene rings is 1. The molecule has 0 saturated heterocycles. The van der Waals surface area contributed by atoms with Gasteiger partial charge in [0.1, 0.15) is 5.02 Å². The van der Waals surface area contributed by atoms with Crippen molar-refractivity contribution in [1.29, 1.82) is 0 Å². The summed E-state index contributed by atoms with van der Waals surface area (Å²) in [6, 6.07) is 6.14. The van der Waals surface area contributed by atoms with Gasteiger partial charge in [-0.05, 0) is 38.1 Å². The fraction of sp³-hybridized carbons (Fsp3) is 0.118. The van der Waals surface area contributed by atoms with Crippen molar-refractivity contribution in [1.82, 2.24) is 10.4 Å². The molecule has 0 aliphatic heterocycles. The summed E-state index contributed by atoms with van der Waals surface area (Å²) in [7, 11) is 0. The molecule has 0 spiro atoms. The van der Waals surface area contributed by atoms with Gasteiger partial charge in [0.25, 0.3) is 11.7 Å². The van der Waals surface area contributed by atoms with E-state index in [2.05, 4.69) is 15.5 Å². The van der Waals surface area contributed by atoms with Gasteiger partial charge in [0.05, 0.1) is 11.8 Å². The van der Waals surface area contributed by atoms with Crippen molar-refractivity contribution in [3.63, 3.8) is 0 Å². The second-order valence-corrected chi connectivity index (χ2v) is 5.61. The number of carboxylic acid groups (broad SMARTS) is 2. The molecule has 0 aliphatic carbocycles. The number of carboxylic acids is 2. The molecule has 9 nitrogen and oxygen atoms in total. The molecule has 12 heteroatoms. The molecule has 0 unspecified atom stereocenters. The van der Waals surface area contributed by atoms with Gasteiger partial charge in [0, 0.05) is 34.9 Å². The maximum atomic E-state index is 11.7. The van der Waals surface area contributed by atoms with Crippen molar-refractivity contribution in [2.75, 3.05) is 0 Å². The fourth-order valence-corrected chi connectivity index (χ4v) is 1.93. The Morgan fingerprint density at radius 3 is 2.07 bits per heavy atom. The van der Waals surface area contributed by atoms with Gasteiger partial charge in [0.2, 0.25) is 0 Å². The molecule has 150 valence electrons.